The number of anilines is 1. The molecule has 1 heteroatoms. The third-order valence-electron chi connectivity index (χ3n) is 3.57. The maximum atomic E-state index is 2.40. The maximum absolute atomic E-state index is 2.40. The summed E-state index contributed by atoms with van der Waals surface area (Å²) in [7, 11) is 0. The van der Waals surface area contributed by atoms with Gasteiger partial charge < -0.3 is 4.90 Å². The molecule has 1 aliphatic rings. The lowest BCUT2D eigenvalue weighted by molar-refractivity contribution is 0.607. The first-order valence-corrected chi connectivity index (χ1v) is 7.24. The van der Waals surface area contributed by atoms with Gasteiger partial charge in [-0.3, -0.25) is 0 Å². The van der Waals surface area contributed by atoms with Crippen LogP contribution >= 0.6 is 0 Å². The van der Waals surface area contributed by atoms with E-state index in [-0.39, 0.29) is 0 Å². The van der Waals surface area contributed by atoms with Gasteiger partial charge in [0.1, 0.15) is 0 Å². The van der Waals surface area contributed by atoms with E-state index in [9.17, 15) is 0 Å². The van der Waals surface area contributed by atoms with Crippen molar-refractivity contribution >= 4 is 5.69 Å². The number of hydrogen-bond acceptors (Lipinski definition) is 1. The Kier molecular flexibility index (Phi) is 4.90. The molecule has 1 nitrogen and oxygen atoms in total. The van der Waals surface area contributed by atoms with Gasteiger partial charge in [-0.25, -0.2) is 0 Å². The van der Waals surface area contributed by atoms with E-state index in [0.717, 1.165) is 0 Å². The van der Waals surface area contributed by atoms with E-state index >= 15 is 0 Å². The van der Waals surface area contributed by atoms with Crippen LogP contribution in [0.4, 0.5) is 5.69 Å². The number of benzene rings is 1. The highest BCUT2D eigenvalue weighted by atomic mass is 15.3. The Labute approximate surface area is 106 Å². The van der Waals surface area contributed by atoms with Crippen LogP contribution in [0.15, 0.2) is 24.3 Å². The van der Waals surface area contributed by atoms with Crippen molar-refractivity contribution in [1.29, 1.82) is 0 Å². The summed E-state index contributed by atoms with van der Waals surface area (Å²) in [4.78, 5) is 2.40. The summed E-state index contributed by atoms with van der Waals surface area (Å²) >= 11 is 0. The average Bonchev–Trinajstić information content (AvgIpc) is 3.19. The minimum absolute atomic E-state index is 1.25. The fourth-order valence-corrected chi connectivity index (χ4v) is 2.29. The first kappa shape index (κ1) is 12.5. The van der Waals surface area contributed by atoms with E-state index in [1.165, 1.54) is 69.3 Å². The number of nitrogens with zero attached hydrogens (tertiary/aromatic N) is 1. The molecule has 1 aromatic rings. The number of rotatable bonds is 8. The zero-order valence-corrected chi connectivity index (χ0v) is 11.1. The number of hydrogen-bond donors (Lipinski definition) is 0. The molecule has 0 radical (unpaired) electrons. The fraction of sp³-hybridized carbons (Fsp3) is 0.625. The normalized spacial score (nSPS) is 14.1. The third-order valence-corrected chi connectivity index (χ3v) is 3.57. The van der Waals surface area contributed by atoms with Gasteiger partial charge in [0.2, 0.25) is 0 Å². The van der Waals surface area contributed by atoms with Crippen LogP contribution in [0.25, 0.3) is 0 Å². The van der Waals surface area contributed by atoms with Crippen molar-refractivity contribution < 1.29 is 0 Å². The second-order valence-corrected chi connectivity index (χ2v) is 5.17. The Hall–Kier alpha value is -0.980. The molecule has 0 N–H and O–H groups in total. The highest BCUT2D eigenvalue weighted by Gasteiger charge is 2.16. The molecule has 0 amide bonds. The van der Waals surface area contributed by atoms with Gasteiger partial charge in [0.15, 0.2) is 0 Å². The number of aryl methyl sites for hydroxylation is 1. The van der Waals surface area contributed by atoms with Crippen molar-refractivity contribution in [2.75, 3.05) is 18.0 Å². The summed E-state index contributed by atoms with van der Waals surface area (Å²) in [6, 6.07) is 9.16. The molecule has 2 rings (SSSR count). The summed E-state index contributed by atoms with van der Waals surface area (Å²) in [6.45, 7) is 4.77. The van der Waals surface area contributed by atoms with E-state index in [1.54, 1.807) is 0 Å². The van der Waals surface area contributed by atoms with Crippen molar-refractivity contribution in [2.45, 2.75) is 51.9 Å². The Bertz CT molecular complexity index is 311. The molecule has 94 valence electrons. The van der Waals surface area contributed by atoms with Crippen LogP contribution < -0.4 is 4.90 Å². The van der Waals surface area contributed by atoms with Crippen molar-refractivity contribution in [3.63, 3.8) is 0 Å². The van der Waals surface area contributed by atoms with Crippen LogP contribution in [0.1, 0.15) is 51.0 Å². The first-order valence-electron chi connectivity index (χ1n) is 7.24. The van der Waals surface area contributed by atoms with E-state index in [1.807, 2.05) is 0 Å². The average molecular weight is 231 g/mol. The summed E-state index contributed by atoms with van der Waals surface area (Å²) in [6.07, 6.45) is 9.60. The van der Waals surface area contributed by atoms with Gasteiger partial charge >= 0.3 is 0 Å². The lowest BCUT2D eigenvalue weighted by Gasteiger charge is -2.05. The number of unbranched alkanes of at least 4 members (excludes halogenated alkanes) is 5. The third kappa shape index (κ3) is 4.41. The lowest BCUT2D eigenvalue weighted by Crippen LogP contribution is -1.91. The lowest BCUT2D eigenvalue weighted by atomic mass is 10.0. The zero-order valence-electron chi connectivity index (χ0n) is 11.1. The molecule has 1 fully saturated rings. The molecule has 0 atom stereocenters. The maximum Gasteiger partial charge on any atom is 0.0367 e. The van der Waals surface area contributed by atoms with Gasteiger partial charge in [0.25, 0.3) is 0 Å². The van der Waals surface area contributed by atoms with Crippen molar-refractivity contribution in [2.24, 2.45) is 0 Å². The summed E-state index contributed by atoms with van der Waals surface area (Å²) < 4.78 is 0. The Balaban J connectivity index is 1.61. The molecule has 0 unspecified atom stereocenters. The standard InChI is InChI=1S/C16H25N/c1-2-3-4-5-6-7-8-15-9-11-16(12-10-15)17-13-14-17/h9-12H,2-8,13-14H2,1H3. The van der Waals surface area contributed by atoms with Crippen molar-refractivity contribution in [1.82, 2.24) is 0 Å². The molecule has 0 bridgehead atoms. The smallest absolute Gasteiger partial charge is 0.0367 e. The predicted octanol–water partition coefficient (Wildman–Crippen LogP) is 4.41. The SMILES string of the molecule is CCCCCCCCc1ccc(N2CC2)cc1. The quantitative estimate of drug-likeness (QED) is 0.473. The molecule has 0 aliphatic carbocycles. The van der Waals surface area contributed by atoms with Crippen molar-refractivity contribution in [3.05, 3.63) is 29.8 Å². The van der Waals surface area contributed by atoms with E-state index < -0.39 is 0 Å². The minimum Gasteiger partial charge on any atom is -0.368 e. The molecular weight excluding hydrogens is 206 g/mol. The highest BCUT2D eigenvalue weighted by Crippen LogP contribution is 2.21. The van der Waals surface area contributed by atoms with Crippen LogP contribution in [0.3, 0.4) is 0 Å². The monoisotopic (exact) mass is 231 g/mol. The fourth-order valence-electron chi connectivity index (χ4n) is 2.29. The zero-order chi connectivity index (χ0) is 11.9. The molecule has 0 spiro atoms. The van der Waals surface area contributed by atoms with E-state index in [0.29, 0.717) is 0 Å². The van der Waals surface area contributed by atoms with Gasteiger partial charge in [-0.15, -0.1) is 0 Å². The van der Waals surface area contributed by atoms with Gasteiger partial charge in [0, 0.05) is 18.8 Å². The highest BCUT2D eigenvalue weighted by molar-refractivity contribution is 5.52. The molecule has 1 aromatic carbocycles. The van der Waals surface area contributed by atoms with Gasteiger partial charge in [-0.05, 0) is 30.5 Å². The molecule has 1 heterocycles. The van der Waals surface area contributed by atoms with Gasteiger partial charge in [-0.1, -0.05) is 51.2 Å². The molecule has 0 saturated carbocycles. The first-order chi connectivity index (χ1) is 8.40. The summed E-state index contributed by atoms with van der Waals surface area (Å²) in [5.41, 5.74) is 2.91. The molecule has 0 aromatic heterocycles. The van der Waals surface area contributed by atoms with Gasteiger partial charge in [-0.2, -0.15) is 0 Å². The second kappa shape index (κ2) is 6.68. The molecule has 1 saturated heterocycles. The van der Waals surface area contributed by atoms with Crippen LogP contribution in [-0.2, 0) is 6.42 Å². The van der Waals surface area contributed by atoms with Crippen LogP contribution in [0.2, 0.25) is 0 Å². The van der Waals surface area contributed by atoms with Crippen molar-refractivity contribution in [3.8, 4) is 0 Å². The summed E-state index contributed by atoms with van der Waals surface area (Å²) in [5.74, 6) is 0. The Morgan fingerprint density at radius 3 is 2.18 bits per heavy atom. The predicted molar refractivity (Wildman–Crippen MR) is 75.7 cm³/mol. The molecule has 1 aliphatic heterocycles. The largest absolute Gasteiger partial charge is 0.368 e. The van der Waals surface area contributed by atoms with Crippen LogP contribution in [0.5, 0.6) is 0 Å². The minimum atomic E-state index is 1.25. The van der Waals surface area contributed by atoms with Gasteiger partial charge in [0.05, 0.1) is 0 Å². The Morgan fingerprint density at radius 2 is 1.53 bits per heavy atom. The van der Waals surface area contributed by atoms with E-state index in [2.05, 4.69) is 36.1 Å². The second-order valence-electron chi connectivity index (χ2n) is 5.17. The van der Waals surface area contributed by atoms with E-state index in [4.69, 9.17) is 0 Å². The molecule has 17 heavy (non-hydrogen) atoms. The summed E-state index contributed by atoms with van der Waals surface area (Å²) in [5, 5.41) is 0. The van der Waals surface area contributed by atoms with Crippen LogP contribution in [0, 0.1) is 0 Å². The van der Waals surface area contributed by atoms with Crippen LogP contribution in [-0.4, -0.2) is 13.1 Å². The topological polar surface area (TPSA) is 3.01 Å². The molecular formula is C16H25N. The Morgan fingerprint density at radius 1 is 0.882 bits per heavy atom.